The van der Waals surface area contributed by atoms with Gasteiger partial charge in [0.25, 0.3) is 5.89 Å². The van der Waals surface area contributed by atoms with E-state index in [1.165, 1.54) is 19.3 Å². The minimum atomic E-state index is -0.172. The first-order chi connectivity index (χ1) is 9.83. The maximum absolute atomic E-state index is 6.20. The molecule has 2 aliphatic heterocycles. The third-order valence-corrected chi connectivity index (χ3v) is 4.15. The second-order valence-electron chi connectivity index (χ2n) is 5.81. The Kier molecular flexibility index (Phi) is 4.65. The van der Waals surface area contributed by atoms with Crippen molar-refractivity contribution in [2.75, 3.05) is 26.2 Å². The summed E-state index contributed by atoms with van der Waals surface area (Å²) in [6, 6.07) is -0.172. The van der Waals surface area contributed by atoms with Crippen LogP contribution in [0.3, 0.4) is 0 Å². The summed E-state index contributed by atoms with van der Waals surface area (Å²) in [5.74, 6) is 1.20. The Morgan fingerprint density at radius 2 is 2.05 bits per heavy atom. The van der Waals surface area contributed by atoms with Crippen LogP contribution in [0.25, 0.3) is 0 Å². The van der Waals surface area contributed by atoms with Crippen LogP contribution in [0, 0.1) is 0 Å². The molecular formula is C14H24N4O2. The number of ether oxygens (including phenoxy) is 1. The maximum Gasteiger partial charge on any atom is 0.255 e. The van der Waals surface area contributed by atoms with Crippen molar-refractivity contribution in [3.63, 3.8) is 0 Å². The molecule has 112 valence electrons. The quantitative estimate of drug-likeness (QED) is 0.906. The molecule has 0 bridgehead atoms. The predicted molar refractivity (Wildman–Crippen MR) is 74.1 cm³/mol. The minimum Gasteiger partial charge on any atom is -0.368 e. The maximum atomic E-state index is 6.20. The van der Waals surface area contributed by atoms with E-state index in [9.17, 15) is 0 Å². The fourth-order valence-corrected chi connectivity index (χ4v) is 2.97. The molecule has 2 N–H and O–H groups in total. The standard InChI is InChI=1S/C14H24N4O2/c15-11(10-18-7-3-1-4-8-18)13-16-14(20-17-13)12-6-2-5-9-19-12/h11-12H,1-10,15H2. The van der Waals surface area contributed by atoms with Gasteiger partial charge in [-0.25, -0.2) is 0 Å². The third-order valence-electron chi connectivity index (χ3n) is 4.15. The van der Waals surface area contributed by atoms with E-state index in [2.05, 4.69) is 15.0 Å². The first-order valence-corrected chi connectivity index (χ1v) is 7.76. The summed E-state index contributed by atoms with van der Waals surface area (Å²) in [7, 11) is 0. The van der Waals surface area contributed by atoms with E-state index in [1.54, 1.807) is 0 Å². The van der Waals surface area contributed by atoms with Gasteiger partial charge in [0.1, 0.15) is 6.10 Å². The molecule has 2 saturated heterocycles. The Morgan fingerprint density at radius 3 is 2.80 bits per heavy atom. The van der Waals surface area contributed by atoms with E-state index in [-0.39, 0.29) is 12.1 Å². The summed E-state index contributed by atoms with van der Waals surface area (Å²) in [5, 5.41) is 4.04. The van der Waals surface area contributed by atoms with E-state index in [0.29, 0.717) is 11.7 Å². The molecule has 3 heterocycles. The van der Waals surface area contributed by atoms with E-state index in [1.807, 2.05) is 0 Å². The smallest absolute Gasteiger partial charge is 0.255 e. The number of aromatic nitrogens is 2. The lowest BCUT2D eigenvalue weighted by Gasteiger charge is -2.27. The van der Waals surface area contributed by atoms with Crippen molar-refractivity contribution in [2.24, 2.45) is 5.73 Å². The highest BCUT2D eigenvalue weighted by Crippen LogP contribution is 2.27. The molecule has 1 aromatic heterocycles. The van der Waals surface area contributed by atoms with Gasteiger partial charge in [-0.15, -0.1) is 0 Å². The monoisotopic (exact) mass is 280 g/mol. The van der Waals surface area contributed by atoms with Crippen LogP contribution in [-0.2, 0) is 4.74 Å². The Labute approximate surface area is 119 Å². The van der Waals surface area contributed by atoms with Gasteiger partial charge >= 0.3 is 0 Å². The fourth-order valence-electron chi connectivity index (χ4n) is 2.97. The van der Waals surface area contributed by atoms with Gasteiger partial charge in [-0.3, -0.25) is 0 Å². The minimum absolute atomic E-state index is 0.0350. The molecule has 0 spiro atoms. The number of hydrogen-bond acceptors (Lipinski definition) is 6. The van der Waals surface area contributed by atoms with Crippen LogP contribution in [-0.4, -0.2) is 41.3 Å². The average molecular weight is 280 g/mol. The van der Waals surface area contributed by atoms with Gasteiger partial charge < -0.3 is 19.9 Å². The lowest BCUT2D eigenvalue weighted by Crippen LogP contribution is -2.36. The highest BCUT2D eigenvalue weighted by Gasteiger charge is 2.25. The SMILES string of the molecule is NC(CN1CCCCC1)c1noc(C2CCCCO2)n1. The van der Waals surface area contributed by atoms with Crippen LogP contribution in [0.4, 0.5) is 0 Å². The molecule has 0 amide bonds. The van der Waals surface area contributed by atoms with E-state index >= 15 is 0 Å². The van der Waals surface area contributed by atoms with Gasteiger partial charge in [-0.2, -0.15) is 4.98 Å². The summed E-state index contributed by atoms with van der Waals surface area (Å²) in [6.07, 6.45) is 7.06. The van der Waals surface area contributed by atoms with Crippen molar-refractivity contribution in [1.29, 1.82) is 0 Å². The molecule has 0 aliphatic carbocycles. The molecule has 20 heavy (non-hydrogen) atoms. The Bertz CT molecular complexity index is 411. The Hall–Kier alpha value is -0.980. The molecular weight excluding hydrogens is 256 g/mol. The number of nitrogens with zero attached hydrogens (tertiary/aromatic N) is 3. The topological polar surface area (TPSA) is 77.4 Å². The second-order valence-corrected chi connectivity index (χ2v) is 5.81. The van der Waals surface area contributed by atoms with E-state index < -0.39 is 0 Å². The first kappa shape index (κ1) is 14.0. The van der Waals surface area contributed by atoms with Crippen molar-refractivity contribution in [3.05, 3.63) is 11.7 Å². The summed E-state index contributed by atoms with van der Waals surface area (Å²) in [5.41, 5.74) is 6.20. The molecule has 0 radical (unpaired) electrons. The van der Waals surface area contributed by atoms with Crippen molar-refractivity contribution in [2.45, 2.75) is 50.7 Å². The highest BCUT2D eigenvalue weighted by molar-refractivity contribution is 4.97. The zero-order chi connectivity index (χ0) is 13.8. The molecule has 6 heteroatoms. The molecule has 1 aromatic rings. The van der Waals surface area contributed by atoms with Crippen molar-refractivity contribution in [1.82, 2.24) is 15.0 Å². The van der Waals surface area contributed by atoms with Crippen molar-refractivity contribution < 1.29 is 9.26 Å². The molecule has 6 nitrogen and oxygen atoms in total. The van der Waals surface area contributed by atoms with E-state index in [0.717, 1.165) is 45.5 Å². The molecule has 3 rings (SSSR count). The second kappa shape index (κ2) is 6.65. The zero-order valence-electron chi connectivity index (χ0n) is 12.0. The molecule has 0 aromatic carbocycles. The van der Waals surface area contributed by atoms with Gasteiger partial charge in [0.05, 0.1) is 6.04 Å². The van der Waals surface area contributed by atoms with Crippen molar-refractivity contribution >= 4 is 0 Å². The van der Waals surface area contributed by atoms with E-state index in [4.69, 9.17) is 15.0 Å². The fraction of sp³-hybridized carbons (Fsp3) is 0.857. The summed E-state index contributed by atoms with van der Waals surface area (Å²) < 4.78 is 11.0. The number of hydrogen-bond donors (Lipinski definition) is 1. The number of likely N-dealkylation sites (tertiary alicyclic amines) is 1. The molecule has 2 aliphatic rings. The molecule has 2 atom stereocenters. The number of piperidine rings is 1. The van der Waals surface area contributed by atoms with Gasteiger partial charge in [0.15, 0.2) is 5.82 Å². The molecule has 0 saturated carbocycles. The van der Waals surface area contributed by atoms with Crippen LogP contribution in [0.15, 0.2) is 4.52 Å². The summed E-state index contributed by atoms with van der Waals surface area (Å²) in [4.78, 5) is 6.84. The lowest BCUT2D eigenvalue weighted by atomic mass is 10.1. The summed E-state index contributed by atoms with van der Waals surface area (Å²) >= 11 is 0. The number of nitrogens with two attached hydrogens (primary N) is 1. The van der Waals surface area contributed by atoms with Crippen LogP contribution in [0.1, 0.15) is 62.4 Å². The summed E-state index contributed by atoms with van der Waals surface area (Å²) in [6.45, 7) is 3.85. The van der Waals surface area contributed by atoms with Crippen LogP contribution >= 0.6 is 0 Å². The Balaban J connectivity index is 1.57. The zero-order valence-corrected chi connectivity index (χ0v) is 12.0. The highest BCUT2D eigenvalue weighted by atomic mass is 16.5. The van der Waals surface area contributed by atoms with Crippen LogP contribution < -0.4 is 5.73 Å². The van der Waals surface area contributed by atoms with Gasteiger partial charge in [0.2, 0.25) is 0 Å². The largest absolute Gasteiger partial charge is 0.368 e. The normalized spacial score (nSPS) is 26.6. The lowest BCUT2D eigenvalue weighted by molar-refractivity contribution is -0.00459. The molecule has 2 unspecified atom stereocenters. The van der Waals surface area contributed by atoms with Gasteiger partial charge in [0, 0.05) is 13.2 Å². The van der Waals surface area contributed by atoms with Crippen LogP contribution in [0.2, 0.25) is 0 Å². The first-order valence-electron chi connectivity index (χ1n) is 7.76. The van der Waals surface area contributed by atoms with Gasteiger partial charge in [-0.1, -0.05) is 11.6 Å². The Morgan fingerprint density at radius 1 is 1.20 bits per heavy atom. The van der Waals surface area contributed by atoms with Crippen molar-refractivity contribution in [3.8, 4) is 0 Å². The number of rotatable bonds is 4. The van der Waals surface area contributed by atoms with Crippen LogP contribution in [0.5, 0.6) is 0 Å². The predicted octanol–water partition coefficient (Wildman–Crippen LogP) is 1.80. The third kappa shape index (κ3) is 3.37. The van der Waals surface area contributed by atoms with Gasteiger partial charge in [-0.05, 0) is 45.2 Å². The average Bonchev–Trinajstić information content (AvgIpc) is 2.99. The molecule has 2 fully saturated rings.